The number of hydrogen-bond acceptors (Lipinski definition) is 2. The van der Waals surface area contributed by atoms with Crippen molar-refractivity contribution in [3.63, 3.8) is 0 Å². The van der Waals surface area contributed by atoms with Crippen molar-refractivity contribution in [2.24, 2.45) is 5.92 Å². The van der Waals surface area contributed by atoms with Crippen LogP contribution in [-0.4, -0.2) is 26.9 Å². The van der Waals surface area contributed by atoms with E-state index in [0.717, 1.165) is 13.0 Å². The van der Waals surface area contributed by atoms with Gasteiger partial charge in [-0.3, -0.25) is 4.79 Å². The molecule has 132 valence electrons. The lowest BCUT2D eigenvalue weighted by Gasteiger charge is -2.26. The molecule has 0 spiro atoms. The lowest BCUT2D eigenvalue weighted by Crippen LogP contribution is -2.27. The summed E-state index contributed by atoms with van der Waals surface area (Å²) in [5, 5.41) is 0. The molecule has 4 rings (SSSR count). The van der Waals surface area contributed by atoms with Crippen molar-refractivity contribution in [2.45, 2.75) is 57.5 Å². The van der Waals surface area contributed by atoms with Gasteiger partial charge in [-0.2, -0.15) is 0 Å². The molecular formula is C21H27N3O. The van der Waals surface area contributed by atoms with E-state index >= 15 is 0 Å². The molecule has 2 aromatic rings. The fourth-order valence-corrected chi connectivity index (χ4v) is 4.43. The number of hydrogen-bond donors (Lipinski definition) is 0. The number of carbonyl (C=O) groups is 1. The smallest absolute Gasteiger partial charge is 0.223 e. The van der Waals surface area contributed by atoms with Gasteiger partial charge in [-0.25, -0.2) is 4.98 Å². The second kappa shape index (κ2) is 7.42. The lowest BCUT2D eigenvalue weighted by atomic mass is 9.95. The molecule has 1 aliphatic heterocycles. The molecule has 25 heavy (non-hydrogen) atoms. The standard InChI is InChI=1S/C21H27N3O/c25-21-12-18(11-17-7-3-1-4-8-17)14-23(21)15-20-13-22-16-24(20)19-9-5-2-6-10-19/h1,3-4,7-8,13,16,18-19H,2,5-6,9-12,14-15H2/t18-/m0/s1. The Balaban J connectivity index is 1.40. The van der Waals surface area contributed by atoms with Crippen LogP contribution in [0.15, 0.2) is 42.9 Å². The third-order valence-corrected chi connectivity index (χ3v) is 5.73. The predicted octanol–water partition coefficient (Wildman–Crippen LogP) is 3.98. The van der Waals surface area contributed by atoms with E-state index in [1.54, 1.807) is 0 Å². The number of likely N-dealkylation sites (tertiary alicyclic amines) is 1. The summed E-state index contributed by atoms with van der Waals surface area (Å²) in [5.41, 5.74) is 2.52. The zero-order valence-corrected chi connectivity index (χ0v) is 14.8. The molecule has 2 fully saturated rings. The summed E-state index contributed by atoms with van der Waals surface area (Å²) in [6.45, 7) is 1.57. The largest absolute Gasteiger partial charge is 0.337 e. The van der Waals surface area contributed by atoms with E-state index in [-0.39, 0.29) is 5.91 Å². The normalized spacial score (nSPS) is 21.8. The molecule has 1 aliphatic carbocycles. The van der Waals surface area contributed by atoms with Crippen LogP contribution in [0.3, 0.4) is 0 Å². The summed E-state index contributed by atoms with van der Waals surface area (Å²) >= 11 is 0. The van der Waals surface area contributed by atoms with Crippen molar-refractivity contribution in [1.29, 1.82) is 0 Å². The molecular weight excluding hydrogens is 310 g/mol. The highest BCUT2D eigenvalue weighted by Gasteiger charge is 2.30. The maximum absolute atomic E-state index is 12.5. The summed E-state index contributed by atoms with van der Waals surface area (Å²) in [5.74, 6) is 0.721. The quantitative estimate of drug-likeness (QED) is 0.828. The van der Waals surface area contributed by atoms with Crippen LogP contribution in [0.2, 0.25) is 0 Å². The maximum Gasteiger partial charge on any atom is 0.223 e. The summed E-state index contributed by atoms with van der Waals surface area (Å²) in [7, 11) is 0. The Kier molecular flexibility index (Phi) is 4.86. The average molecular weight is 337 g/mol. The van der Waals surface area contributed by atoms with Crippen LogP contribution < -0.4 is 0 Å². The number of imidazole rings is 1. The Morgan fingerprint density at radius 1 is 1.08 bits per heavy atom. The van der Waals surface area contributed by atoms with Gasteiger partial charge in [-0.05, 0) is 30.7 Å². The number of benzene rings is 1. The molecule has 1 aromatic heterocycles. The Morgan fingerprint density at radius 3 is 2.68 bits per heavy atom. The minimum atomic E-state index is 0.289. The molecule has 0 N–H and O–H groups in total. The minimum Gasteiger partial charge on any atom is -0.337 e. The number of nitrogens with zero attached hydrogens (tertiary/aromatic N) is 3. The van der Waals surface area contributed by atoms with Crippen molar-refractivity contribution in [2.75, 3.05) is 6.54 Å². The van der Waals surface area contributed by atoms with Gasteiger partial charge in [0.25, 0.3) is 0 Å². The third-order valence-electron chi connectivity index (χ3n) is 5.73. The van der Waals surface area contributed by atoms with Gasteiger partial charge in [-0.15, -0.1) is 0 Å². The van der Waals surface area contributed by atoms with E-state index in [2.05, 4.69) is 33.8 Å². The minimum absolute atomic E-state index is 0.289. The van der Waals surface area contributed by atoms with E-state index < -0.39 is 0 Å². The fraction of sp³-hybridized carbons (Fsp3) is 0.524. The van der Waals surface area contributed by atoms with E-state index in [0.29, 0.717) is 24.9 Å². The fourth-order valence-electron chi connectivity index (χ4n) is 4.43. The van der Waals surface area contributed by atoms with Crippen LogP contribution in [0.1, 0.15) is 55.8 Å². The van der Waals surface area contributed by atoms with Crippen LogP contribution in [0.5, 0.6) is 0 Å². The Hall–Kier alpha value is -2.10. The van der Waals surface area contributed by atoms with E-state index in [1.165, 1.54) is 43.4 Å². The number of aromatic nitrogens is 2. The van der Waals surface area contributed by atoms with Crippen molar-refractivity contribution in [1.82, 2.24) is 14.5 Å². The maximum atomic E-state index is 12.5. The molecule has 4 heteroatoms. The van der Waals surface area contributed by atoms with Gasteiger partial charge in [0.15, 0.2) is 0 Å². The number of carbonyl (C=O) groups excluding carboxylic acids is 1. The summed E-state index contributed by atoms with van der Waals surface area (Å²) in [6.07, 6.45) is 12.0. The first kappa shape index (κ1) is 16.4. The molecule has 2 aliphatic rings. The van der Waals surface area contributed by atoms with Gasteiger partial charge in [-0.1, -0.05) is 49.6 Å². The van der Waals surface area contributed by atoms with Crippen molar-refractivity contribution < 1.29 is 4.79 Å². The highest BCUT2D eigenvalue weighted by Crippen LogP contribution is 2.30. The second-order valence-electron chi connectivity index (χ2n) is 7.62. The Bertz CT molecular complexity index is 703. The van der Waals surface area contributed by atoms with Crippen molar-refractivity contribution >= 4 is 5.91 Å². The average Bonchev–Trinajstić information content (AvgIpc) is 3.24. The van der Waals surface area contributed by atoms with Crippen LogP contribution in [-0.2, 0) is 17.8 Å². The molecule has 2 heterocycles. The van der Waals surface area contributed by atoms with E-state index in [1.807, 2.05) is 23.5 Å². The lowest BCUT2D eigenvalue weighted by molar-refractivity contribution is -0.128. The van der Waals surface area contributed by atoms with Gasteiger partial charge >= 0.3 is 0 Å². The monoisotopic (exact) mass is 337 g/mol. The first-order valence-electron chi connectivity index (χ1n) is 9.62. The number of amides is 1. The molecule has 0 bridgehead atoms. The SMILES string of the molecule is O=C1C[C@H](Cc2ccccc2)CN1Cc1cncn1C1CCCCC1. The van der Waals surface area contributed by atoms with Gasteiger partial charge in [0.1, 0.15) is 0 Å². The summed E-state index contributed by atoms with van der Waals surface area (Å²) in [4.78, 5) is 18.9. The summed E-state index contributed by atoms with van der Waals surface area (Å²) < 4.78 is 2.33. The first-order chi connectivity index (χ1) is 12.3. The molecule has 1 aromatic carbocycles. The van der Waals surface area contributed by atoms with Crippen LogP contribution >= 0.6 is 0 Å². The third kappa shape index (κ3) is 3.78. The topological polar surface area (TPSA) is 38.1 Å². The molecule has 1 amide bonds. The predicted molar refractivity (Wildman–Crippen MR) is 98.0 cm³/mol. The molecule has 0 radical (unpaired) electrons. The van der Waals surface area contributed by atoms with Gasteiger partial charge in [0.05, 0.1) is 18.6 Å². The van der Waals surface area contributed by atoms with Crippen LogP contribution in [0, 0.1) is 5.92 Å². The van der Waals surface area contributed by atoms with Gasteiger partial charge in [0, 0.05) is 25.2 Å². The van der Waals surface area contributed by atoms with Crippen LogP contribution in [0.25, 0.3) is 0 Å². The Labute approximate surface area is 149 Å². The molecule has 0 unspecified atom stereocenters. The van der Waals surface area contributed by atoms with E-state index in [9.17, 15) is 4.79 Å². The highest BCUT2D eigenvalue weighted by atomic mass is 16.2. The first-order valence-corrected chi connectivity index (χ1v) is 9.62. The zero-order valence-electron chi connectivity index (χ0n) is 14.8. The van der Waals surface area contributed by atoms with Crippen LogP contribution in [0.4, 0.5) is 0 Å². The molecule has 4 nitrogen and oxygen atoms in total. The molecule has 1 atom stereocenters. The zero-order chi connectivity index (χ0) is 17.1. The Morgan fingerprint density at radius 2 is 1.88 bits per heavy atom. The van der Waals surface area contributed by atoms with Crippen molar-refractivity contribution in [3.05, 3.63) is 54.1 Å². The van der Waals surface area contributed by atoms with E-state index in [4.69, 9.17) is 0 Å². The second-order valence-corrected chi connectivity index (χ2v) is 7.62. The highest BCUT2D eigenvalue weighted by molar-refractivity contribution is 5.78. The van der Waals surface area contributed by atoms with Gasteiger partial charge in [0.2, 0.25) is 5.91 Å². The number of rotatable bonds is 5. The molecule has 1 saturated heterocycles. The molecule has 1 saturated carbocycles. The summed E-state index contributed by atoms with van der Waals surface area (Å²) in [6, 6.07) is 11.1. The van der Waals surface area contributed by atoms with Crippen molar-refractivity contribution in [3.8, 4) is 0 Å². The van der Waals surface area contributed by atoms with Gasteiger partial charge < -0.3 is 9.47 Å².